The molecule has 0 saturated heterocycles. The molecule has 0 aliphatic heterocycles. The summed E-state index contributed by atoms with van der Waals surface area (Å²) in [6.07, 6.45) is 1.71. The lowest BCUT2D eigenvalue weighted by Gasteiger charge is -2.30. The zero-order chi connectivity index (χ0) is 11.1. The highest BCUT2D eigenvalue weighted by molar-refractivity contribution is 7.09. The van der Waals surface area contributed by atoms with E-state index in [1.807, 2.05) is 20.8 Å². The fourth-order valence-corrected chi connectivity index (χ4v) is 1.95. The summed E-state index contributed by atoms with van der Waals surface area (Å²) in [7, 11) is 0. The standard InChI is InChI=1S/C10H17NO3S/c1-4-12-10(13-5-2,14-6-3)9-7-11-8-15-9/h7-8H,4-6H2,1-3H3. The molecule has 0 bridgehead atoms. The van der Waals surface area contributed by atoms with Gasteiger partial charge in [-0.2, -0.15) is 0 Å². The largest absolute Gasteiger partial charge is 0.323 e. The van der Waals surface area contributed by atoms with Gasteiger partial charge in [0.25, 0.3) is 0 Å². The molecule has 0 aromatic carbocycles. The molecule has 86 valence electrons. The van der Waals surface area contributed by atoms with Crippen molar-refractivity contribution in [2.75, 3.05) is 19.8 Å². The predicted molar refractivity (Wildman–Crippen MR) is 58.7 cm³/mol. The molecule has 0 saturated carbocycles. The van der Waals surface area contributed by atoms with Gasteiger partial charge in [0.2, 0.25) is 0 Å². The first-order chi connectivity index (χ1) is 7.29. The molecule has 0 N–H and O–H groups in total. The molecule has 15 heavy (non-hydrogen) atoms. The van der Waals surface area contributed by atoms with Crippen LogP contribution in [0.2, 0.25) is 0 Å². The molecule has 0 unspecified atom stereocenters. The first kappa shape index (κ1) is 12.6. The zero-order valence-corrected chi connectivity index (χ0v) is 10.2. The lowest BCUT2D eigenvalue weighted by molar-refractivity contribution is -0.387. The van der Waals surface area contributed by atoms with Gasteiger partial charge in [0.15, 0.2) is 0 Å². The van der Waals surface area contributed by atoms with Crippen molar-refractivity contribution >= 4 is 11.3 Å². The Morgan fingerprint density at radius 3 is 2.00 bits per heavy atom. The average Bonchev–Trinajstić information content (AvgIpc) is 2.72. The molecular formula is C10H17NO3S. The van der Waals surface area contributed by atoms with Crippen molar-refractivity contribution < 1.29 is 14.2 Å². The van der Waals surface area contributed by atoms with Gasteiger partial charge < -0.3 is 14.2 Å². The molecular weight excluding hydrogens is 214 g/mol. The average molecular weight is 231 g/mol. The summed E-state index contributed by atoms with van der Waals surface area (Å²) in [6, 6.07) is 0. The number of ether oxygens (including phenoxy) is 3. The highest BCUT2D eigenvalue weighted by Gasteiger charge is 2.36. The molecule has 4 nitrogen and oxygen atoms in total. The fourth-order valence-electron chi connectivity index (χ4n) is 1.28. The maximum absolute atomic E-state index is 5.58. The van der Waals surface area contributed by atoms with Gasteiger partial charge in [0, 0.05) is 6.20 Å². The number of aromatic nitrogens is 1. The first-order valence-electron chi connectivity index (χ1n) is 5.09. The summed E-state index contributed by atoms with van der Waals surface area (Å²) < 4.78 is 16.7. The molecule has 5 heteroatoms. The summed E-state index contributed by atoms with van der Waals surface area (Å²) in [5.74, 6) is -1.07. The lowest BCUT2D eigenvalue weighted by atomic mass is 10.4. The Labute approximate surface area is 94.2 Å². The Kier molecular flexibility index (Phi) is 5.17. The van der Waals surface area contributed by atoms with E-state index in [0.717, 1.165) is 4.88 Å². The second-order valence-corrected chi connectivity index (χ2v) is 3.61. The van der Waals surface area contributed by atoms with Gasteiger partial charge in [-0.25, -0.2) is 0 Å². The normalized spacial score (nSPS) is 11.9. The van der Waals surface area contributed by atoms with Crippen LogP contribution in [-0.4, -0.2) is 24.8 Å². The molecule has 1 heterocycles. The van der Waals surface area contributed by atoms with E-state index in [4.69, 9.17) is 14.2 Å². The third kappa shape index (κ3) is 2.98. The Hall–Kier alpha value is -0.490. The van der Waals surface area contributed by atoms with E-state index in [1.165, 1.54) is 11.3 Å². The van der Waals surface area contributed by atoms with Crippen molar-refractivity contribution in [2.24, 2.45) is 0 Å². The third-order valence-electron chi connectivity index (χ3n) is 1.74. The van der Waals surface area contributed by atoms with Crippen LogP contribution in [0.5, 0.6) is 0 Å². The molecule has 0 radical (unpaired) electrons. The molecule has 1 aromatic heterocycles. The van der Waals surface area contributed by atoms with Crippen LogP contribution in [-0.2, 0) is 20.2 Å². The van der Waals surface area contributed by atoms with Crippen LogP contribution in [0, 0.1) is 0 Å². The van der Waals surface area contributed by atoms with E-state index in [-0.39, 0.29) is 0 Å². The maximum Gasteiger partial charge on any atom is 0.323 e. The molecule has 0 fully saturated rings. The van der Waals surface area contributed by atoms with E-state index in [2.05, 4.69) is 4.98 Å². The number of thiazole rings is 1. The lowest BCUT2D eigenvalue weighted by Crippen LogP contribution is -2.35. The van der Waals surface area contributed by atoms with Crippen LogP contribution in [0.1, 0.15) is 25.6 Å². The second-order valence-electron chi connectivity index (χ2n) is 2.72. The fraction of sp³-hybridized carbons (Fsp3) is 0.700. The van der Waals surface area contributed by atoms with E-state index in [1.54, 1.807) is 11.7 Å². The Morgan fingerprint density at radius 2 is 1.67 bits per heavy atom. The molecule has 1 aromatic rings. The van der Waals surface area contributed by atoms with Gasteiger partial charge in [-0.1, -0.05) is 0 Å². The first-order valence-corrected chi connectivity index (χ1v) is 5.97. The molecule has 0 spiro atoms. The number of rotatable bonds is 7. The summed E-state index contributed by atoms with van der Waals surface area (Å²) in [4.78, 5) is 4.85. The molecule has 0 aliphatic carbocycles. The van der Waals surface area contributed by atoms with Crippen molar-refractivity contribution in [3.05, 3.63) is 16.6 Å². The van der Waals surface area contributed by atoms with Crippen molar-refractivity contribution in [3.63, 3.8) is 0 Å². The minimum absolute atomic E-state index is 0.526. The topological polar surface area (TPSA) is 40.6 Å². The molecule has 0 aliphatic rings. The van der Waals surface area contributed by atoms with E-state index in [0.29, 0.717) is 19.8 Å². The third-order valence-corrected chi connectivity index (χ3v) is 2.57. The van der Waals surface area contributed by atoms with E-state index >= 15 is 0 Å². The molecule has 0 amide bonds. The number of hydrogen-bond donors (Lipinski definition) is 0. The molecule has 0 atom stereocenters. The number of hydrogen-bond acceptors (Lipinski definition) is 5. The van der Waals surface area contributed by atoms with Crippen LogP contribution < -0.4 is 0 Å². The van der Waals surface area contributed by atoms with Gasteiger partial charge in [-0.15, -0.1) is 11.3 Å². The molecule has 1 rings (SSSR count). The van der Waals surface area contributed by atoms with Crippen LogP contribution in [0.15, 0.2) is 11.7 Å². The van der Waals surface area contributed by atoms with Gasteiger partial charge in [0.05, 0.1) is 25.3 Å². The van der Waals surface area contributed by atoms with Crippen molar-refractivity contribution in [3.8, 4) is 0 Å². The van der Waals surface area contributed by atoms with Crippen molar-refractivity contribution in [1.82, 2.24) is 4.98 Å². The Bertz CT molecular complexity index is 247. The number of nitrogens with zero attached hydrogens (tertiary/aromatic N) is 1. The maximum atomic E-state index is 5.58. The van der Waals surface area contributed by atoms with Gasteiger partial charge in [0.1, 0.15) is 4.88 Å². The smallest absolute Gasteiger partial charge is 0.323 e. The van der Waals surface area contributed by atoms with Gasteiger partial charge in [-0.3, -0.25) is 4.98 Å². The summed E-state index contributed by atoms with van der Waals surface area (Å²) in [5, 5.41) is 0. The van der Waals surface area contributed by atoms with Crippen LogP contribution in [0.3, 0.4) is 0 Å². The Morgan fingerprint density at radius 1 is 1.13 bits per heavy atom. The minimum atomic E-state index is -1.07. The zero-order valence-electron chi connectivity index (χ0n) is 9.36. The van der Waals surface area contributed by atoms with Gasteiger partial charge in [-0.05, 0) is 20.8 Å². The van der Waals surface area contributed by atoms with Gasteiger partial charge >= 0.3 is 5.97 Å². The van der Waals surface area contributed by atoms with E-state index in [9.17, 15) is 0 Å². The predicted octanol–water partition coefficient (Wildman–Crippen LogP) is 2.36. The SMILES string of the molecule is CCOC(OCC)(OCC)c1cncs1. The monoisotopic (exact) mass is 231 g/mol. The van der Waals surface area contributed by atoms with Crippen LogP contribution in [0.25, 0.3) is 0 Å². The minimum Gasteiger partial charge on any atom is -0.323 e. The highest BCUT2D eigenvalue weighted by atomic mass is 32.1. The second kappa shape index (κ2) is 6.17. The summed E-state index contributed by atoms with van der Waals surface area (Å²) in [6.45, 7) is 7.31. The Balaban J connectivity index is 2.90. The van der Waals surface area contributed by atoms with Crippen LogP contribution >= 0.6 is 11.3 Å². The highest BCUT2D eigenvalue weighted by Crippen LogP contribution is 2.31. The summed E-state index contributed by atoms with van der Waals surface area (Å²) in [5.41, 5.74) is 1.74. The quantitative estimate of drug-likeness (QED) is 0.675. The van der Waals surface area contributed by atoms with Crippen LogP contribution in [0.4, 0.5) is 0 Å². The van der Waals surface area contributed by atoms with Crippen molar-refractivity contribution in [1.29, 1.82) is 0 Å². The summed E-state index contributed by atoms with van der Waals surface area (Å²) >= 11 is 1.46. The van der Waals surface area contributed by atoms with E-state index < -0.39 is 5.97 Å². The van der Waals surface area contributed by atoms with Crippen molar-refractivity contribution in [2.45, 2.75) is 26.7 Å².